The van der Waals surface area contributed by atoms with Crippen LogP contribution in [0.5, 0.6) is 17.5 Å². The van der Waals surface area contributed by atoms with E-state index >= 15 is 0 Å². The molecular formula is C14H12N2O4. The van der Waals surface area contributed by atoms with Gasteiger partial charge in [0.1, 0.15) is 0 Å². The van der Waals surface area contributed by atoms with Crippen molar-refractivity contribution in [3.05, 3.63) is 42.1 Å². The van der Waals surface area contributed by atoms with Crippen LogP contribution in [0.3, 0.4) is 0 Å². The van der Waals surface area contributed by atoms with Crippen molar-refractivity contribution >= 4 is 16.9 Å². The number of carbonyl (C=O) groups excluding carboxylic acids is 1. The van der Waals surface area contributed by atoms with Crippen LogP contribution in [0.4, 0.5) is 0 Å². The molecule has 102 valence electrons. The van der Waals surface area contributed by atoms with Crippen molar-refractivity contribution in [2.24, 2.45) is 0 Å². The maximum atomic E-state index is 11.8. The van der Waals surface area contributed by atoms with Crippen molar-refractivity contribution < 1.29 is 19.7 Å². The van der Waals surface area contributed by atoms with Gasteiger partial charge in [-0.15, -0.1) is 0 Å². The van der Waals surface area contributed by atoms with Crippen molar-refractivity contribution in [2.75, 3.05) is 0 Å². The first-order valence-electron chi connectivity index (χ1n) is 6.00. The quantitative estimate of drug-likeness (QED) is 0.548. The van der Waals surface area contributed by atoms with E-state index in [1.54, 1.807) is 0 Å². The number of aromatic hydroxyl groups is 2. The highest BCUT2D eigenvalue weighted by molar-refractivity contribution is 5.83. The van der Waals surface area contributed by atoms with E-state index in [-0.39, 0.29) is 23.9 Å². The number of hydrogen-bond donors (Lipinski definition) is 4. The second kappa shape index (κ2) is 4.65. The summed E-state index contributed by atoms with van der Waals surface area (Å²) in [7, 11) is 0. The molecule has 0 amide bonds. The minimum Gasteiger partial charge on any atom is -0.494 e. The van der Waals surface area contributed by atoms with Crippen molar-refractivity contribution in [1.82, 2.24) is 9.97 Å². The van der Waals surface area contributed by atoms with Crippen molar-refractivity contribution in [2.45, 2.75) is 6.42 Å². The van der Waals surface area contributed by atoms with Crippen LogP contribution >= 0.6 is 0 Å². The summed E-state index contributed by atoms with van der Waals surface area (Å²) >= 11 is 0. The van der Waals surface area contributed by atoms with Gasteiger partial charge in [0.2, 0.25) is 5.88 Å². The van der Waals surface area contributed by atoms with Crippen LogP contribution in [0.25, 0.3) is 10.9 Å². The summed E-state index contributed by atoms with van der Waals surface area (Å²) in [4.78, 5) is 17.1. The lowest BCUT2D eigenvalue weighted by Crippen LogP contribution is -2.11. The number of benzene rings is 1. The smallest absolute Gasteiger partial charge is 0.317 e. The average Bonchev–Trinajstić information content (AvgIpc) is 2.92. The zero-order valence-corrected chi connectivity index (χ0v) is 10.4. The number of fused-ring (bicyclic) bond motifs is 1. The van der Waals surface area contributed by atoms with Crippen molar-refractivity contribution in [3.63, 3.8) is 0 Å². The fraction of sp³-hybridized carbons (Fsp3) is 0.0714. The Morgan fingerprint density at radius 2 is 1.95 bits per heavy atom. The van der Waals surface area contributed by atoms with Gasteiger partial charge in [-0.25, -0.2) is 0 Å². The van der Waals surface area contributed by atoms with E-state index in [2.05, 4.69) is 9.97 Å². The zero-order valence-electron chi connectivity index (χ0n) is 10.4. The Morgan fingerprint density at radius 1 is 1.15 bits per heavy atom. The van der Waals surface area contributed by atoms with Crippen molar-refractivity contribution in [1.29, 1.82) is 0 Å². The van der Waals surface area contributed by atoms with Crippen molar-refractivity contribution in [3.8, 4) is 17.5 Å². The second-order valence-electron chi connectivity index (χ2n) is 4.40. The van der Waals surface area contributed by atoms with Gasteiger partial charge in [0, 0.05) is 17.3 Å². The van der Waals surface area contributed by atoms with E-state index in [1.165, 1.54) is 0 Å². The number of nitrogens with one attached hydrogen (secondary N) is 2. The topological polar surface area (TPSA) is 98.3 Å². The standard InChI is InChI=1S/C14H12N2O4/c17-12-7-11(14(19)16-12)20-13(18)6-9-5-8-3-1-2-4-10(8)15-9/h1-5,7,15-17,19H,6H2. The number of aromatic nitrogens is 2. The third-order valence-corrected chi connectivity index (χ3v) is 2.89. The molecule has 3 rings (SSSR count). The number of hydrogen-bond acceptors (Lipinski definition) is 4. The van der Waals surface area contributed by atoms with E-state index < -0.39 is 5.97 Å². The van der Waals surface area contributed by atoms with Crippen LogP contribution in [0.1, 0.15) is 5.69 Å². The molecule has 0 atom stereocenters. The lowest BCUT2D eigenvalue weighted by atomic mass is 10.2. The number of esters is 1. The van der Waals surface area contributed by atoms with Gasteiger partial charge < -0.3 is 19.9 Å². The average molecular weight is 272 g/mol. The summed E-state index contributed by atoms with van der Waals surface area (Å²) in [6.45, 7) is 0. The molecule has 0 radical (unpaired) electrons. The number of para-hydroxylation sites is 1. The normalized spacial score (nSPS) is 10.8. The van der Waals surface area contributed by atoms with Gasteiger partial charge in [-0.1, -0.05) is 18.2 Å². The van der Waals surface area contributed by atoms with E-state index in [1.807, 2.05) is 30.3 Å². The summed E-state index contributed by atoms with van der Waals surface area (Å²) in [6.07, 6.45) is 0.0417. The van der Waals surface area contributed by atoms with Gasteiger partial charge in [0.05, 0.1) is 6.42 Å². The number of H-pyrrole nitrogens is 2. The Kier molecular flexibility index (Phi) is 2.83. The highest BCUT2D eigenvalue weighted by Crippen LogP contribution is 2.29. The summed E-state index contributed by atoms with van der Waals surface area (Å²) in [5.74, 6) is -1.28. The first-order chi connectivity index (χ1) is 9.61. The predicted molar refractivity (Wildman–Crippen MR) is 71.8 cm³/mol. The van der Waals surface area contributed by atoms with Crippen LogP contribution in [0.15, 0.2) is 36.4 Å². The Bertz CT molecular complexity index is 739. The first-order valence-corrected chi connectivity index (χ1v) is 6.00. The molecule has 0 spiro atoms. The molecule has 0 bridgehead atoms. The molecule has 0 aliphatic heterocycles. The fourth-order valence-electron chi connectivity index (χ4n) is 2.03. The molecule has 6 heteroatoms. The maximum Gasteiger partial charge on any atom is 0.317 e. The monoisotopic (exact) mass is 272 g/mol. The minimum absolute atomic E-state index is 0.0417. The second-order valence-corrected chi connectivity index (χ2v) is 4.40. The van der Waals surface area contributed by atoms with Crippen LogP contribution in [-0.4, -0.2) is 26.2 Å². The predicted octanol–water partition coefficient (Wildman–Crippen LogP) is 2.06. The Morgan fingerprint density at radius 3 is 2.65 bits per heavy atom. The van der Waals surface area contributed by atoms with Crippen LogP contribution < -0.4 is 4.74 Å². The molecule has 0 aliphatic rings. The summed E-state index contributed by atoms with van der Waals surface area (Å²) in [6, 6.07) is 10.7. The molecule has 3 aromatic rings. The van der Waals surface area contributed by atoms with Crippen LogP contribution in [-0.2, 0) is 11.2 Å². The molecule has 0 saturated heterocycles. The van der Waals surface area contributed by atoms with E-state index in [4.69, 9.17) is 9.84 Å². The fourth-order valence-corrected chi connectivity index (χ4v) is 2.03. The number of ether oxygens (including phenoxy) is 1. The number of aromatic amines is 2. The molecule has 20 heavy (non-hydrogen) atoms. The van der Waals surface area contributed by atoms with Crippen LogP contribution in [0.2, 0.25) is 0 Å². The zero-order chi connectivity index (χ0) is 14.1. The molecule has 0 saturated carbocycles. The third kappa shape index (κ3) is 2.31. The highest BCUT2D eigenvalue weighted by Gasteiger charge is 2.14. The van der Waals surface area contributed by atoms with Crippen LogP contribution in [0, 0.1) is 0 Å². The molecule has 0 fully saturated rings. The molecule has 6 nitrogen and oxygen atoms in total. The van der Waals surface area contributed by atoms with Gasteiger partial charge in [0.15, 0.2) is 11.6 Å². The molecule has 1 aromatic carbocycles. The molecule has 4 N–H and O–H groups in total. The van der Waals surface area contributed by atoms with E-state index in [0.29, 0.717) is 0 Å². The third-order valence-electron chi connectivity index (χ3n) is 2.89. The molecule has 0 unspecified atom stereocenters. The lowest BCUT2D eigenvalue weighted by molar-refractivity contribution is -0.133. The van der Waals surface area contributed by atoms with E-state index in [9.17, 15) is 9.90 Å². The van der Waals surface area contributed by atoms with Gasteiger partial charge in [0.25, 0.3) is 0 Å². The SMILES string of the molecule is O=C(Cc1cc2ccccc2[nH]1)Oc1cc(O)[nH]c1O. The Labute approximate surface area is 113 Å². The van der Waals surface area contributed by atoms with Gasteiger partial charge in [-0.2, -0.15) is 0 Å². The van der Waals surface area contributed by atoms with Gasteiger partial charge in [-0.05, 0) is 17.5 Å². The van der Waals surface area contributed by atoms with E-state index in [0.717, 1.165) is 22.7 Å². The van der Waals surface area contributed by atoms with Gasteiger partial charge >= 0.3 is 5.97 Å². The number of rotatable bonds is 3. The Balaban J connectivity index is 1.74. The summed E-state index contributed by atoms with van der Waals surface area (Å²) in [5.41, 5.74) is 1.66. The minimum atomic E-state index is -0.536. The maximum absolute atomic E-state index is 11.8. The van der Waals surface area contributed by atoms with Gasteiger partial charge in [-0.3, -0.25) is 9.78 Å². The highest BCUT2D eigenvalue weighted by atomic mass is 16.5. The molecular weight excluding hydrogens is 260 g/mol. The summed E-state index contributed by atoms with van der Waals surface area (Å²) < 4.78 is 4.97. The molecule has 0 aliphatic carbocycles. The largest absolute Gasteiger partial charge is 0.494 e. The first kappa shape index (κ1) is 12.2. The molecule has 2 heterocycles. The lowest BCUT2D eigenvalue weighted by Gasteiger charge is -2.00. The number of carbonyl (C=O) groups is 1. The summed E-state index contributed by atoms with van der Waals surface area (Å²) in [5, 5.41) is 19.5. The molecule has 2 aromatic heterocycles. The Hall–Kier alpha value is -2.89.